The van der Waals surface area contributed by atoms with E-state index in [0.717, 1.165) is 23.4 Å². The molecule has 3 heterocycles. The lowest BCUT2D eigenvalue weighted by Crippen LogP contribution is -2.37. The molecular weight excluding hydrogens is 598 g/mol. The lowest BCUT2D eigenvalue weighted by Gasteiger charge is -2.29. The first-order valence-corrected chi connectivity index (χ1v) is 15.6. The quantitative estimate of drug-likeness (QED) is 0.170. The number of anilines is 3. The number of carbonyl (C=O) groups excluding carboxylic acids is 1. The lowest BCUT2D eigenvalue weighted by atomic mass is 10.0. The van der Waals surface area contributed by atoms with Crippen molar-refractivity contribution in [3.63, 3.8) is 0 Å². The highest BCUT2D eigenvalue weighted by Gasteiger charge is 2.22. The summed E-state index contributed by atoms with van der Waals surface area (Å²) in [5.74, 6) is 0.954. The van der Waals surface area contributed by atoms with E-state index in [2.05, 4.69) is 33.0 Å². The fourth-order valence-electron chi connectivity index (χ4n) is 4.93. The van der Waals surface area contributed by atoms with Crippen LogP contribution in [0, 0.1) is 18.3 Å². The summed E-state index contributed by atoms with van der Waals surface area (Å²) in [6.07, 6.45) is 4.09. The van der Waals surface area contributed by atoms with Gasteiger partial charge in [0.05, 0.1) is 28.2 Å². The number of rotatable bonds is 11. The van der Waals surface area contributed by atoms with Crippen LogP contribution < -0.4 is 25.4 Å². The van der Waals surface area contributed by atoms with Crippen molar-refractivity contribution in [2.24, 2.45) is 7.05 Å². The summed E-state index contributed by atoms with van der Waals surface area (Å²) in [5, 5.41) is 13.2. The molecule has 13 heteroatoms. The van der Waals surface area contributed by atoms with E-state index in [-0.39, 0.29) is 34.4 Å². The molecular formula is C31H36ClN9O2S. The monoisotopic (exact) mass is 633 g/mol. The van der Waals surface area contributed by atoms with E-state index in [1.807, 2.05) is 55.9 Å². The number of nitrogens with one attached hydrogen (secondary N) is 2. The highest BCUT2D eigenvalue weighted by molar-refractivity contribution is 7.97. The van der Waals surface area contributed by atoms with Gasteiger partial charge in [0.1, 0.15) is 17.0 Å². The molecule has 2 atom stereocenters. The van der Waals surface area contributed by atoms with Crippen LogP contribution in [0.3, 0.4) is 0 Å². The number of carbonyl (C=O) groups is 1. The normalized spacial score (nSPS) is 12.3. The number of amides is 1. The first kappa shape index (κ1) is 32.6. The van der Waals surface area contributed by atoms with Crippen LogP contribution in [0.2, 0.25) is 5.15 Å². The molecule has 0 fully saturated rings. The molecule has 4 rings (SSSR count). The maximum Gasteiger partial charge on any atom is 0.281 e. The summed E-state index contributed by atoms with van der Waals surface area (Å²) in [4.78, 5) is 44.1. The molecule has 0 aliphatic heterocycles. The van der Waals surface area contributed by atoms with Gasteiger partial charge in [0.2, 0.25) is 5.95 Å². The van der Waals surface area contributed by atoms with Crippen molar-refractivity contribution in [3.05, 3.63) is 80.5 Å². The summed E-state index contributed by atoms with van der Waals surface area (Å²) in [5.41, 5.74) is 3.39. The van der Waals surface area contributed by atoms with E-state index in [1.165, 1.54) is 11.9 Å². The zero-order valence-electron chi connectivity index (χ0n) is 25.8. The van der Waals surface area contributed by atoms with E-state index in [0.29, 0.717) is 34.6 Å². The molecule has 11 nitrogen and oxygen atoms in total. The van der Waals surface area contributed by atoms with Gasteiger partial charge < -0.3 is 15.1 Å². The Morgan fingerprint density at radius 2 is 1.93 bits per heavy atom. The summed E-state index contributed by atoms with van der Waals surface area (Å²) < 4.78 is 4.28. The summed E-state index contributed by atoms with van der Waals surface area (Å²) >= 11 is 7.28. The second-order valence-corrected chi connectivity index (χ2v) is 11.7. The number of halogens is 1. The first-order chi connectivity index (χ1) is 20.9. The number of aromatic nitrogens is 4. The van der Waals surface area contributed by atoms with Gasteiger partial charge in [-0.2, -0.15) is 5.26 Å². The van der Waals surface area contributed by atoms with E-state index in [9.17, 15) is 9.59 Å². The lowest BCUT2D eigenvalue weighted by molar-refractivity contribution is 0.0980. The number of fused-ring (bicyclic) bond motifs is 1. The van der Waals surface area contributed by atoms with Crippen LogP contribution in [0.15, 0.2) is 47.4 Å². The van der Waals surface area contributed by atoms with Gasteiger partial charge >= 0.3 is 0 Å². The van der Waals surface area contributed by atoms with Crippen molar-refractivity contribution in [1.29, 1.82) is 5.26 Å². The van der Waals surface area contributed by atoms with Crippen molar-refractivity contribution in [2.45, 2.75) is 39.3 Å². The average molecular weight is 634 g/mol. The predicted octanol–water partition coefficient (Wildman–Crippen LogP) is 5.09. The molecule has 0 aliphatic rings. The Morgan fingerprint density at radius 3 is 2.59 bits per heavy atom. The Morgan fingerprint density at radius 1 is 1.18 bits per heavy atom. The van der Waals surface area contributed by atoms with Crippen LogP contribution in [0.4, 0.5) is 17.5 Å². The Hall–Kier alpha value is -4.34. The Kier molecular flexibility index (Phi) is 10.3. The largest absolute Gasteiger partial charge is 0.377 e. The first-order valence-electron chi connectivity index (χ1n) is 14.0. The third-order valence-corrected chi connectivity index (χ3v) is 8.17. The zero-order valence-corrected chi connectivity index (χ0v) is 27.4. The standard InChI is InChI=1S/C31H36ClN9O2S/c1-18-14-22(20(3)35-24-9-10-25(32)36-28(24)29(42)38-44-7)27-23(15-18)30(43)41(6)31(37-27)40(5)19(2)12-13-39(4)26-11-8-21(16-33)17-34-26/h8-11,14-15,17,19-20,35H,12-13H2,1-7H3,(H,38,42). The predicted molar refractivity (Wildman–Crippen MR) is 179 cm³/mol. The number of benzene rings is 1. The number of nitriles is 1. The maximum absolute atomic E-state index is 13.7. The summed E-state index contributed by atoms with van der Waals surface area (Å²) in [6.45, 7) is 6.69. The van der Waals surface area contributed by atoms with Gasteiger partial charge in [0.15, 0.2) is 5.69 Å². The third-order valence-electron chi connectivity index (χ3n) is 7.57. The van der Waals surface area contributed by atoms with E-state index in [4.69, 9.17) is 21.8 Å². The van der Waals surface area contributed by atoms with Crippen molar-refractivity contribution < 1.29 is 4.79 Å². The van der Waals surface area contributed by atoms with Gasteiger partial charge in [-0.15, -0.1) is 0 Å². The summed E-state index contributed by atoms with van der Waals surface area (Å²) in [6, 6.07) is 12.6. The minimum Gasteiger partial charge on any atom is -0.377 e. The fraction of sp³-hybridized carbons (Fsp3) is 0.355. The smallest absolute Gasteiger partial charge is 0.281 e. The molecule has 0 aliphatic carbocycles. The molecule has 0 saturated carbocycles. The Balaban J connectivity index is 1.64. The molecule has 44 heavy (non-hydrogen) atoms. The van der Waals surface area contributed by atoms with Crippen molar-refractivity contribution in [1.82, 2.24) is 24.2 Å². The summed E-state index contributed by atoms with van der Waals surface area (Å²) in [7, 11) is 5.63. The molecule has 0 spiro atoms. The number of hydrogen-bond acceptors (Lipinski definition) is 10. The second kappa shape index (κ2) is 14.0. The van der Waals surface area contributed by atoms with Crippen molar-refractivity contribution >= 4 is 57.8 Å². The molecule has 0 bridgehead atoms. The molecule has 2 unspecified atom stereocenters. The van der Waals surface area contributed by atoms with Gasteiger partial charge in [0.25, 0.3) is 11.5 Å². The Labute approximate surface area is 266 Å². The highest BCUT2D eigenvalue weighted by Crippen LogP contribution is 2.29. The molecule has 0 radical (unpaired) electrons. The van der Waals surface area contributed by atoms with Crippen LogP contribution in [-0.4, -0.2) is 58.4 Å². The number of nitrogens with zero attached hydrogens (tertiary/aromatic N) is 7. The molecule has 1 amide bonds. The van der Waals surface area contributed by atoms with Crippen LogP contribution in [-0.2, 0) is 7.05 Å². The SMILES string of the molecule is CSNC(=O)c1nc(Cl)ccc1NC(C)c1cc(C)cc2c(=O)n(C)c(N(C)C(C)CCN(C)c3ccc(C#N)cn3)nc12. The van der Waals surface area contributed by atoms with Gasteiger partial charge in [-0.1, -0.05) is 29.6 Å². The Bertz CT molecular complexity index is 1770. The zero-order chi connectivity index (χ0) is 32.1. The van der Waals surface area contributed by atoms with Gasteiger partial charge in [0, 0.05) is 51.7 Å². The number of aryl methyl sites for hydroxylation is 1. The molecule has 2 N–H and O–H groups in total. The van der Waals surface area contributed by atoms with Gasteiger partial charge in [-0.3, -0.25) is 18.9 Å². The van der Waals surface area contributed by atoms with Gasteiger partial charge in [-0.25, -0.2) is 15.0 Å². The topological polar surface area (TPSA) is 132 Å². The minimum absolute atomic E-state index is 0.0356. The number of pyridine rings is 2. The number of hydrogen-bond donors (Lipinski definition) is 2. The second-order valence-electron chi connectivity index (χ2n) is 10.7. The van der Waals surface area contributed by atoms with Crippen molar-refractivity contribution in [2.75, 3.05) is 42.0 Å². The van der Waals surface area contributed by atoms with Crippen LogP contribution in [0.25, 0.3) is 10.9 Å². The molecule has 0 saturated heterocycles. The molecule has 1 aromatic carbocycles. The fourth-order valence-corrected chi connectivity index (χ4v) is 5.36. The molecule has 3 aromatic heterocycles. The third kappa shape index (κ3) is 7.06. The van der Waals surface area contributed by atoms with Crippen LogP contribution in [0.1, 0.15) is 53.5 Å². The minimum atomic E-state index is -0.366. The molecule has 4 aromatic rings. The molecule has 230 valence electrons. The highest BCUT2D eigenvalue weighted by atomic mass is 35.5. The average Bonchev–Trinajstić information content (AvgIpc) is 3.01. The van der Waals surface area contributed by atoms with Gasteiger partial charge in [-0.05, 0) is 63.1 Å². The van der Waals surface area contributed by atoms with Crippen LogP contribution in [0.5, 0.6) is 0 Å². The van der Waals surface area contributed by atoms with E-state index >= 15 is 0 Å². The van der Waals surface area contributed by atoms with E-state index in [1.54, 1.807) is 42.3 Å². The van der Waals surface area contributed by atoms with Crippen LogP contribution >= 0.6 is 23.5 Å². The van der Waals surface area contributed by atoms with Crippen molar-refractivity contribution in [3.8, 4) is 6.07 Å². The van der Waals surface area contributed by atoms with E-state index < -0.39 is 0 Å². The maximum atomic E-state index is 13.7.